The summed E-state index contributed by atoms with van der Waals surface area (Å²) in [6.07, 6.45) is 1.79. The predicted molar refractivity (Wildman–Crippen MR) is 68.5 cm³/mol. The highest BCUT2D eigenvalue weighted by Gasteiger charge is 2.33. The van der Waals surface area contributed by atoms with Gasteiger partial charge < -0.3 is 15.0 Å². The van der Waals surface area contributed by atoms with Crippen LogP contribution in [0, 0.1) is 5.92 Å². The number of piperidine rings is 1. The van der Waals surface area contributed by atoms with E-state index in [0.29, 0.717) is 12.8 Å². The van der Waals surface area contributed by atoms with E-state index in [1.165, 1.54) is 4.90 Å². The lowest BCUT2D eigenvalue weighted by atomic mass is 9.91. The Hall–Kier alpha value is -2.38. The summed E-state index contributed by atoms with van der Waals surface area (Å²) in [6, 6.07) is -0.274. The molecule has 1 amide bonds. The van der Waals surface area contributed by atoms with Gasteiger partial charge in [0.05, 0.1) is 5.92 Å². The van der Waals surface area contributed by atoms with Crippen molar-refractivity contribution in [3.8, 4) is 0 Å². The molecule has 0 radical (unpaired) electrons. The molecule has 1 aromatic rings. The summed E-state index contributed by atoms with van der Waals surface area (Å²) >= 11 is 0. The first kappa shape index (κ1) is 14.0. The number of likely N-dealkylation sites (tertiary alicyclic amines) is 1. The van der Waals surface area contributed by atoms with Crippen molar-refractivity contribution >= 4 is 11.9 Å². The fourth-order valence-electron chi connectivity index (χ4n) is 2.42. The molecule has 2 rings (SSSR count). The molecule has 1 fully saturated rings. The number of carboxylic acid groups (broad SMARTS) is 1. The summed E-state index contributed by atoms with van der Waals surface area (Å²) in [7, 11) is 0. The van der Waals surface area contributed by atoms with Gasteiger partial charge in [-0.15, -0.1) is 0 Å². The normalized spacial score (nSPS) is 22.6. The number of aromatic nitrogens is 2. The summed E-state index contributed by atoms with van der Waals surface area (Å²) in [4.78, 5) is 51.4. The summed E-state index contributed by atoms with van der Waals surface area (Å²) in [5, 5.41) is 8.97. The quantitative estimate of drug-likeness (QED) is 0.667. The lowest BCUT2D eigenvalue weighted by Crippen LogP contribution is -2.47. The molecule has 20 heavy (non-hydrogen) atoms. The molecule has 1 saturated heterocycles. The van der Waals surface area contributed by atoms with Crippen LogP contribution in [0.15, 0.2) is 15.8 Å². The number of carbonyl (C=O) groups excluding carboxylic acids is 1. The molecule has 0 aliphatic carbocycles. The van der Waals surface area contributed by atoms with Crippen LogP contribution in [0.2, 0.25) is 0 Å². The minimum atomic E-state index is -0.870. The Morgan fingerprint density at radius 3 is 2.65 bits per heavy atom. The monoisotopic (exact) mass is 281 g/mol. The molecular formula is C12H15N3O5. The van der Waals surface area contributed by atoms with Gasteiger partial charge in [0.2, 0.25) is 0 Å². The van der Waals surface area contributed by atoms with E-state index < -0.39 is 29.0 Å². The molecule has 1 aromatic heterocycles. The highest BCUT2D eigenvalue weighted by Crippen LogP contribution is 2.23. The van der Waals surface area contributed by atoms with Crippen LogP contribution >= 0.6 is 0 Å². The maximum atomic E-state index is 12.3. The third-order valence-electron chi connectivity index (χ3n) is 3.54. The third-order valence-corrected chi connectivity index (χ3v) is 3.54. The average molecular weight is 281 g/mol. The average Bonchev–Trinajstić information content (AvgIpc) is 2.37. The number of rotatable bonds is 2. The van der Waals surface area contributed by atoms with Gasteiger partial charge in [0.15, 0.2) is 0 Å². The predicted octanol–water partition coefficient (Wildman–Crippen LogP) is -0.611. The Balaban J connectivity index is 2.20. The fraction of sp³-hybridized carbons (Fsp3) is 0.500. The van der Waals surface area contributed by atoms with Crippen molar-refractivity contribution in [3.05, 3.63) is 32.6 Å². The highest BCUT2D eigenvalue weighted by atomic mass is 16.4. The molecule has 2 heterocycles. The van der Waals surface area contributed by atoms with E-state index in [2.05, 4.69) is 4.98 Å². The molecule has 1 aliphatic heterocycles. The van der Waals surface area contributed by atoms with E-state index >= 15 is 0 Å². The number of carboxylic acids is 1. The van der Waals surface area contributed by atoms with Gasteiger partial charge in [-0.05, 0) is 19.8 Å². The number of nitrogens with zero attached hydrogens (tertiary/aromatic N) is 1. The number of nitrogens with one attached hydrogen (secondary N) is 2. The van der Waals surface area contributed by atoms with Crippen molar-refractivity contribution in [1.29, 1.82) is 0 Å². The second-order valence-electron chi connectivity index (χ2n) is 4.89. The van der Waals surface area contributed by atoms with E-state index in [9.17, 15) is 19.2 Å². The third kappa shape index (κ3) is 2.63. The van der Waals surface area contributed by atoms with E-state index in [4.69, 9.17) is 5.11 Å². The van der Waals surface area contributed by atoms with Crippen molar-refractivity contribution in [2.24, 2.45) is 5.92 Å². The van der Waals surface area contributed by atoms with Gasteiger partial charge in [0.1, 0.15) is 5.56 Å². The lowest BCUT2D eigenvalue weighted by Gasteiger charge is -2.36. The SMILES string of the molecule is CC1CC(C(=O)O)CCN1C(=O)c1c[nH]c(=O)[nH]c1=O. The van der Waals surface area contributed by atoms with Crippen LogP contribution < -0.4 is 11.2 Å². The Bertz CT molecular complexity index is 647. The van der Waals surface area contributed by atoms with Crippen molar-refractivity contribution < 1.29 is 14.7 Å². The first-order chi connectivity index (χ1) is 9.40. The summed E-state index contributed by atoms with van der Waals surface area (Å²) < 4.78 is 0. The minimum absolute atomic E-state index is 0.148. The second-order valence-corrected chi connectivity index (χ2v) is 4.89. The van der Waals surface area contributed by atoms with Crippen LogP contribution in [0.25, 0.3) is 0 Å². The van der Waals surface area contributed by atoms with Gasteiger partial charge in [0, 0.05) is 18.8 Å². The van der Waals surface area contributed by atoms with E-state index in [0.717, 1.165) is 6.20 Å². The van der Waals surface area contributed by atoms with Gasteiger partial charge in [-0.1, -0.05) is 0 Å². The maximum Gasteiger partial charge on any atom is 0.325 e. The molecule has 0 spiro atoms. The zero-order valence-corrected chi connectivity index (χ0v) is 10.9. The second kappa shape index (κ2) is 5.32. The van der Waals surface area contributed by atoms with Crippen LogP contribution in [-0.2, 0) is 4.79 Å². The molecule has 0 bridgehead atoms. The van der Waals surface area contributed by atoms with Crippen molar-refractivity contribution in [1.82, 2.24) is 14.9 Å². The molecule has 2 unspecified atom stereocenters. The maximum absolute atomic E-state index is 12.3. The number of H-pyrrole nitrogens is 2. The van der Waals surface area contributed by atoms with E-state index in [1.54, 1.807) is 6.92 Å². The summed E-state index contributed by atoms with van der Waals surface area (Å²) in [5.74, 6) is -1.84. The molecular weight excluding hydrogens is 266 g/mol. The molecule has 1 aliphatic rings. The summed E-state index contributed by atoms with van der Waals surface area (Å²) in [5.41, 5.74) is -1.57. The van der Waals surface area contributed by atoms with Gasteiger partial charge in [0.25, 0.3) is 11.5 Å². The molecule has 3 N–H and O–H groups in total. The number of amides is 1. The Morgan fingerprint density at radius 1 is 1.40 bits per heavy atom. The zero-order chi connectivity index (χ0) is 14.9. The first-order valence-corrected chi connectivity index (χ1v) is 6.26. The number of hydrogen-bond donors (Lipinski definition) is 3. The van der Waals surface area contributed by atoms with Crippen LogP contribution in [-0.4, -0.2) is 44.4 Å². The number of carbonyl (C=O) groups is 2. The largest absolute Gasteiger partial charge is 0.481 e. The molecule has 8 heteroatoms. The van der Waals surface area contributed by atoms with Crippen LogP contribution in [0.5, 0.6) is 0 Å². The molecule has 108 valence electrons. The van der Waals surface area contributed by atoms with Crippen molar-refractivity contribution in [2.75, 3.05) is 6.54 Å². The molecule has 8 nitrogen and oxygen atoms in total. The number of hydrogen-bond acceptors (Lipinski definition) is 4. The minimum Gasteiger partial charge on any atom is -0.481 e. The van der Waals surface area contributed by atoms with Crippen LogP contribution in [0.4, 0.5) is 0 Å². The summed E-state index contributed by atoms with van der Waals surface area (Å²) in [6.45, 7) is 2.02. The standard InChI is InChI=1S/C12H15N3O5/c1-6-4-7(11(18)19)2-3-15(6)10(17)8-5-13-12(20)14-9(8)16/h5-7H,2-4H2,1H3,(H,18,19)(H2,13,14,16,20). The van der Waals surface area contributed by atoms with Crippen LogP contribution in [0.3, 0.4) is 0 Å². The van der Waals surface area contributed by atoms with Gasteiger partial charge >= 0.3 is 11.7 Å². The van der Waals surface area contributed by atoms with Gasteiger partial charge in [-0.2, -0.15) is 0 Å². The van der Waals surface area contributed by atoms with Gasteiger partial charge in [-0.25, -0.2) is 4.79 Å². The molecule has 2 atom stereocenters. The number of aliphatic carboxylic acids is 1. The topological polar surface area (TPSA) is 123 Å². The molecule has 0 saturated carbocycles. The van der Waals surface area contributed by atoms with Crippen molar-refractivity contribution in [3.63, 3.8) is 0 Å². The Kier molecular flexibility index (Phi) is 3.73. The van der Waals surface area contributed by atoms with E-state index in [1.807, 2.05) is 4.98 Å². The fourth-order valence-corrected chi connectivity index (χ4v) is 2.42. The zero-order valence-electron chi connectivity index (χ0n) is 10.9. The highest BCUT2D eigenvalue weighted by molar-refractivity contribution is 5.93. The number of aromatic amines is 2. The van der Waals surface area contributed by atoms with E-state index in [-0.39, 0.29) is 18.2 Å². The first-order valence-electron chi connectivity index (χ1n) is 6.26. The Labute approximate surface area is 113 Å². The molecule has 0 aromatic carbocycles. The smallest absolute Gasteiger partial charge is 0.325 e. The van der Waals surface area contributed by atoms with Gasteiger partial charge in [-0.3, -0.25) is 19.4 Å². The van der Waals surface area contributed by atoms with Crippen molar-refractivity contribution in [2.45, 2.75) is 25.8 Å². The van der Waals surface area contributed by atoms with Crippen LogP contribution in [0.1, 0.15) is 30.1 Å². The Morgan fingerprint density at radius 2 is 2.10 bits per heavy atom. The lowest BCUT2D eigenvalue weighted by molar-refractivity contribution is -0.143.